The van der Waals surface area contributed by atoms with Crippen molar-refractivity contribution in [1.29, 1.82) is 0 Å². The van der Waals surface area contributed by atoms with Gasteiger partial charge in [-0.25, -0.2) is 0 Å². The smallest absolute Gasteiger partial charge is 0.277 e. The van der Waals surface area contributed by atoms with Crippen molar-refractivity contribution in [2.45, 2.75) is 0 Å². The summed E-state index contributed by atoms with van der Waals surface area (Å²) < 4.78 is 10.4. The summed E-state index contributed by atoms with van der Waals surface area (Å²) in [6.45, 7) is 0. The first-order valence-corrected chi connectivity index (χ1v) is 9.37. The van der Waals surface area contributed by atoms with Gasteiger partial charge in [-0.05, 0) is 36.4 Å². The lowest BCUT2D eigenvalue weighted by Gasteiger charge is -2.11. The molecule has 0 radical (unpaired) electrons. The van der Waals surface area contributed by atoms with Gasteiger partial charge in [0.15, 0.2) is 11.5 Å². The summed E-state index contributed by atoms with van der Waals surface area (Å²) in [7, 11) is 1.55. The van der Waals surface area contributed by atoms with Crippen LogP contribution in [-0.2, 0) is 0 Å². The van der Waals surface area contributed by atoms with E-state index in [1.165, 1.54) is 6.07 Å². The van der Waals surface area contributed by atoms with E-state index in [2.05, 4.69) is 20.8 Å². The Morgan fingerprint density at radius 3 is 2.52 bits per heavy atom. The van der Waals surface area contributed by atoms with E-state index >= 15 is 0 Å². The van der Waals surface area contributed by atoms with Crippen LogP contribution in [0.2, 0.25) is 0 Å². The third kappa shape index (κ3) is 4.59. The van der Waals surface area contributed by atoms with Crippen LogP contribution in [0, 0.1) is 0 Å². The maximum atomic E-state index is 12.8. The predicted molar refractivity (Wildman–Crippen MR) is 115 cm³/mol. The monoisotopic (exact) mass is 414 g/mol. The number of hydrogen-bond acceptors (Lipinski definition) is 6. The fraction of sp³-hybridized carbons (Fsp3) is 0.0435. The number of hydrogen-bond donors (Lipinski definition) is 2. The molecule has 0 bridgehead atoms. The summed E-state index contributed by atoms with van der Waals surface area (Å²) >= 11 is 0. The first-order chi connectivity index (χ1) is 15.1. The van der Waals surface area contributed by atoms with Gasteiger partial charge in [-0.3, -0.25) is 14.6 Å². The van der Waals surface area contributed by atoms with Gasteiger partial charge in [0.05, 0.1) is 18.4 Å². The van der Waals surface area contributed by atoms with Crippen LogP contribution in [0.25, 0.3) is 11.3 Å². The van der Waals surface area contributed by atoms with Crippen LogP contribution in [0.15, 0.2) is 83.6 Å². The molecule has 0 spiro atoms. The molecule has 0 saturated carbocycles. The standard InChI is InChI=1S/C23H18N4O4/c1-30-17-6-4-5-16(13-17)25-22(28)18-7-2-3-8-19(18)26-23(29)20-14-21(31-27-20)15-9-11-24-12-10-15/h2-14H,1H3,(H,25,28)(H,26,29). The lowest BCUT2D eigenvalue weighted by Crippen LogP contribution is -2.18. The van der Waals surface area contributed by atoms with E-state index in [1.54, 1.807) is 80.2 Å². The molecule has 0 saturated heterocycles. The second-order valence-electron chi connectivity index (χ2n) is 6.50. The van der Waals surface area contributed by atoms with Crippen LogP contribution in [-0.4, -0.2) is 29.1 Å². The van der Waals surface area contributed by atoms with E-state index in [9.17, 15) is 9.59 Å². The molecule has 8 heteroatoms. The molecule has 8 nitrogen and oxygen atoms in total. The Hall–Kier alpha value is -4.46. The molecule has 2 aromatic carbocycles. The minimum Gasteiger partial charge on any atom is -0.497 e. The first-order valence-electron chi connectivity index (χ1n) is 9.37. The Kier molecular flexibility index (Phi) is 5.70. The molecule has 4 rings (SSSR count). The Morgan fingerprint density at radius 1 is 0.903 bits per heavy atom. The number of carbonyl (C=O) groups excluding carboxylic acids is 2. The highest BCUT2D eigenvalue weighted by atomic mass is 16.5. The number of anilines is 2. The summed E-state index contributed by atoms with van der Waals surface area (Å²) in [5.41, 5.74) is 2.07. The molecule has 2 N–H and O–H groups in total. The van der Waals surface area contributed by atoms with Crippen LogP contribution in [0.4, 0.5) is 11.4 Å². The Bertz CT molecular complexity index is 1220. The minimum absolute atomic E-state index is 0.0924. The van der Waals surface area contributed by atoms with Crippen molar-refractivity contribution in [3.63, 3.8) is 0 Å². The molecule has 0 aliphatic carbocycles. The van der Waals surface area contributed by atoms with Crippen molar-refractivity contribution in [3.05, 3.63) is 90.4 Å². The number of methoxy groups -OCH3 is 1. The predicted octanol–water partition coefficient (Wildman–Crippen LogP) is 4.25. The fourth-order valence-electron chi connectivity index (χ4n) is 2.91. The number of nitrogens with zero attached hydrogens (tertiary/aromatic N) is 2. The molecule has 2 amide bonds. The van der Waals surface area contributed by atoms with E-state index in [1.807, 2.05) is 0 Å². The van der Waals surface area contributed by atoms with Crippen molar-refractivity contribution >= 4 is 23.2 Å². The molecular formula is C23H18N4O4. The third-order valence-corrected chi connectivity index (χ3v) is 4.46. The molecule has 4 aromatic rings. The van der Waals surface area contributed by atoms with Crippen molar-refractivity contribution in [2.24, 2.45) is 0 Å². The number of amides is 2. The highest BCUT2D eigenvalue weighted by molar-refractivity contribution is 6.12. The molecular weight excluding hydrogens is 396 g/mol. The number of benzene rings is 2. The summed E-state index contributed by atoms with van der Waals surface area (Å²) in [5.74, 6) is 0.194. The highest BCUT2D eigenvalue weighted by Crippen LogP contribution is 2.22. The molecule has 0 fully saturated rings. The van der Waals surface area contributed by atoms with Gasteiger partial charge >= 0.3 is 0 Å². The SMILES string of the molecule is COc1cccc(NC(=O)c2ccccc2NC(=O)c2cc(-c3ccncc3)on2)c1. The second kappa shape index (κ2) is 8.91. The van der Waals surface area contributed by atoms with Gasteiger partial charge in [0, 0.05) is 35.8 Å². The lowest BCUT2D eigenvalue weighted by atomic mass is 10.1. The summed E-state index contributed by atoms with van der Waals surface area (Å²) in [4.78, 5) is 29.4. The summed E-state index contributed by atoms with van der Waals surface area (Å²) in [6, 6.07) is 18.7. The number of rotatable bonds is 6. The molecule has 0 aliphatic rings. The third-order valence-electron chi connectivity index (χ3n) is 4.46. The van der Waals surface area contributed by atoms with Crippen LogP contribution >= 0.6 is 0 Å². The van der Waals surface area contributed by atoms with Crippen LogP contribution < -0.4 is 15.4 Å². The Labute approximate surface area is 177 Å². The second-order valence-corrected chi connectivity index (χ2v) is 6.50. The molecule has 0 aliphatic heterocycles. The van der Waals surface area contributed by atoms with Crippen molar-refractivity contribution in [1.82, 2.24) is 10.1 Å². The lowest BCUT2D eigenvalue weighted by molar-refractivity contribution is 0.101. The van der Waals surface area contributed by atoms with Crippen molar-refractivity contribution < 1.29 is 18.8 Å². The quantitative estimate of drug-likeness (QED) is 0.489. The van der Waals surface area contributed by atoms with Crippen LogP contribution in [0.3, 0.4) is 0 Å². The molecule has 154 valence electrons. The average molecular weight is 414 g/mol. The number of ether oxygens (including phenoxy) is 1. The van der Waals surface area contributed by atoms with E-state index in [0.29, 0.717) is 28.4 Å². The largest absolute Gasteiger partial charge is 0.497 e. The van der Waals surface area contributed by atoms with Gasteiger partial charge in [0.2, 0.25) is 0 Å². The Morgan fingerprint density at radius 2 is 1.71 bits per heavy atom. The maximum absolute atomic E-state index is 12.8. The topological polar surface area (TPSA) is 106 Å². The zero-order chi connectivity index (χ0) is 21.6. The van der Waals surface area contributed by atoms with Gasteiger partial charge in [0.1, 0.15) is 5.75 Å². The van der Waals surface area contributed by atoms with Gasteiger partial charge in [-0.2, -0.15) is 0 Å². The van der Waals surface area contributed by atoms with Gasteiger partial charge in [0.25, 0.3) is 11.8 Å². The van der Waals surface area contributed by atoms with E-state index in [4.69, 9.17) is 9.26 Å². The number of pyridine rings is 1. The van der Waals surface area contributed by atoms with Gasteiger partial charge in [-0.15, -0.1) is 0 Å². The first kappa shape index (κ1) is 19.8. The molecule has 31 heavy (non-hydrogen) atoms. The molecule has 0 unspecified atom stereocenters. The zero-order valence-corrected chi connectivity index (χ0v) is 16.5. The maximum Gasteiger partial charge on any atom is 0.277 e. The van der Waals surface area contributed by atoms with E-state index in [-0.39, 0.29) is 11.6 Å². The minimum atomic E-state index is -0.495. The van der Waals surface area contributed by atoms with Crippen LogP contribution in [0.5, 0.6) is 5.75 Å². The van der Waals surface area contributed by atoms with E-state index < -0.39 is 5.91 Å². The van der Waals surface area contributed by atoms with E-state index in [0.717, 1.165) is 5.56 Å². The summed E-state index contributed by atoms with van der Waals surface area (Å²) in [6.07, 6.45) is 3.24. The molecule has 2 aromatic heterocycles. The van der Waals surface area contributed by atoms with Gasteiger partial charge < -0.3 is 19.9 Å². The number of aromatic nitrogens is 2. The number of carbonyl (C=O) groups is 2. The average Bonchev–Trinajstić information content (AvgIpc) is 3.31. The van der Waals surface area contributed by atoms with Crippen LogP contribution in [0.1, 0.15) is 20.8 Å². The highest BCUT2D eigenvalue weighted by Gasteiger charge is 2.18. The molecule has 2 heterocycles. The number of nitrogens with one attached hydrogen (secondary N) is 2. The van der Waals surface area contributed by atoms with Crippen molar-refractivity contribution in [3.8, 4) is 17.1 Å². The van der Waals surface area contributed by atoms with Crippen molar-refractivity contribution in [2.75, 3.05) is 17.7 Å². The summed E-state index contributed by atoms with van der Waals surface area (Å²) in [5, 5.41) is 9.35. The van der Waals surface area contributed by atoms with Gasteiger partial charge in [-0.1, -0.05) is 23.4 Å². The fourth-order valence-corrected chi connectivity index (χ4v) is 2.91. The zero-order valence-electron chi connectivity index (χ0n) is 16.5. The Balaban J connectivity index is 1.51. The normalized spacial score (nSPS) is 10.4. The molecule has 0 atom stereocenters. The number of para-hydroxylation sites is 1.